The molecule has 0 saturated carbocycles. The number of anilines is 1. The SMILES string of the molecule is CCOC(=O)c1ccc(NCC(C)N2CCCCC2)nc1. The van der Waals surface area contributed by atoms with Gasteiger partial charge in [0.2, 0.25) is 0 Å². The highest BCUT2D eigenvalue weighted by atomic mass is 16.5. The number of piperidine rings is 1. The quantitative estimate of drug-likeness (QED) is 0.816. The largest absolute Gasteiger partial charge is 0.462 e. The average Bonchev–Trinajstić information content (AvgIpc) is 2.54. The first-order valence-electron chi connectivity index (χ1n) is 7.82. The van der Waals surface area contributed by atoms with E-state index in [0.29, 0.717) is 18.2 Å². The van der Waals surface area contributed by atoms with Gasteiger partial charge in [0.15, 0.2) is 0 Å². The van der Waals surface area contributed by atoms with E-state index in [-0.39, 0.29) is 5.97 Å². The zero-order valence-corrected chi connectivity index (χ0v) is 13.0. The van der Waals surface area contributed by atoms with E-state index in [1.54, 1.807) is 19.2 Å². The summed E-state index contributed by atoms with van der Waals surface area (Å²) in [4.78, 5) is 18.3. The van der Waals surface area contributed by atoms with Crippen molar-refractivity contribution in [1.29, 1.82) is 0 Å². The summed E-state index contributed by atoms with van der Waals surface area (Å²) in [6.07, 6.45) is 5.52. The first-order valence-corrected chi connectivity index (χ1v) is 7.82. The molecule has 0 aromatic carbocycles. The minimum atomic E-state index is -0.321. The Morgan fingerprint density at radius 1 is 1.38 bits per heavy atom. The molecule has 5 heteroatoms. The molecule has 0 bridgehead atoms. The van der Waals surface area contributed by atoms with Crippen molar-refractivity contribution in [2.24, 2.45) is 0 Å². The van der Waals surface area contributed by atoms with Crippen molar-refractivity contribution in [1.82, 2.24) is 9.88 Å². The summed E-state index contributed by atoms with van der Waals surface area (Å²) in [5, 5.41) is 3.33. The third kappa shape index (κ3) is 4.70. The minimum absolute atomic E-state index is 0.321. The van der Waals surface area contributed by atoms with Crippen molar-refractivity contribution in [2.75, 3.05) is 31.6 Å². The second kappa shape index (κ2) is 7.98. The van der Waals surface area contributed by atoms with Crippen LogP contribution >= 0.6 is 0 Å². The maximum atomic E-state index is 11.5. The predicted molar refractivity (Wildman–Crippen MR) is 83.6 cm³/mol. The molecule has 116 valence electrons. The van der Waals surface area contributed by atoms with Crippen LogP contribution in [0.2, 0.25) is 0 Å². The Kier molecular flexibility index (Phi) is 5.99. The van der Waals surface area contributed by atoms with Crippen molar-refractivity contribution in [3.63, 3.8) is 0 Å². The Morgan fingerprint density at radius 2 is 2.14 bits per heavy atom. The molecule has 1 aliphatic rings. The Bertz CT molecular complexity index is 441. The molecule has 2 rings (SSSR count). The van der Waals surface area contributed by atoms with Crippen molar-refractivity contribution in [3.05, 3.63) is 23.9 Å². The van der Waals surface area contributed by atoms with Crippen LogP contribution in [0.5, 0.6) is 0 Å². The standard InChI is InChI=1S/C16H25N3O2/c1-3-21-16(20)14-7-8-15(18-12-14)17-11-13(2)19-9-5-4-6-10-19/h7-8,12-13H,3-6,9-11H2,1-2H3,(H,17,18). The van der Waals surface area contributed by atoms with E-state index in [1.165, 1.54) is 32.4 Å². The Morgan fingerprint density at radius 3 is 2.76 bits per heavy atom. The first kappa shape index (κ1) is 15.8. The minimum Gasteiger partial charge on any atom is -0.462 e. The van der Waals surface area contributed by atoms with Gasteiger partial charge in [0.1, 0.15) is 5.82 Å². The number of carbonyl (C=O) groups excluding carboxylic acids is 1. The van der Waals surface area contributed by atoms with Crippen LogP contribution in [0.25, 0.3) is 0 Å². The highest BCUT2D eigenvalue weighted by molar-refractivity contribution is 5.89. The summed E-state index contributed by atoms with van der Waals surface area (Å²) in [5.41, 5.74) is 0.492. The smallest absolute Gasteiger partial charge is 0.339 e. The number of hydrogen-bond donors (Lipinski definition) is 1. The van der Waals surface area contributed by atoms with Gasteiger partial charge in [-0.15, -0.1) is 0 Å². The lowest BCUT2D eigenvalue weighted by atomic mass is 10.1. The predicted octanol–water partition coefficient (Wildman–Crippen LogP) is 2.54. The van der Waals surface area contributed by atoms with Crippen molar-refractivity contribution >= 4 is 11.8 Å². The second-order valence-electron chi connectivity index (χ2n) is 5.48. The maximum absolute atomic E-state index is 11.5. The Labute approximate surface area is 126 Å². The number of esters is 1. The van der Waals surface area contributed by atoms with Crippen LogP contribution in [0, 0.1) is 0 Å². The number of likely N-dealkylation sites (tertiary alicyclic amines) is 1. The fourth-order valence-corrected chi connectivity index (χ4v) is 2.57. The molecule has 2 heterocycles. The number of carbonyl (C=O) groups is 1. The molecule has 1 aliphatic heterocycles. The highest BCUT2D eigenvalue weighted by Crippen LogP contribution is 2.13. The number of ether oxygens (including phenoxy) is 1. The monoisotopic (exact) mass is 291 g/mol. The second-order valence-corrected chi connectivity index (χ2v) is 5.48. The zero-order valence-electron chi connectivity index (χ0n) is 13.0. The summed E-state index contributed by atoms with van der Waals surface area (Å²) < 4.78 is 4.94. The van der Waals surface area contributed by atoms with E-state index in [1.807, 2.05) is 6.07 Å². The van der Waals surface area contributed by atoms with Gasteiger partial charge in [0.05, 0.1) is 12.2 Å². The number of aromatic nitrogens is 1. The van der Waals surface area contributed by atoms with Crippen LogP contribution in [0.1, 0.15) is 43.5 Å². The summed E-state index contributed by atoms with van der Waals surface area (Å²) in [6.45, 7) is 7.67. The summed E-state index contributed by atoms with van der Waals surface area (Å²) in [7, 11) is 0. The number of pyridine rings is 1. The molecule has 0 radical (unpaired) electrons. The molecular weight excluding hydrogens is 266 g/mol. The number of rotatable bonds is 6. The first-order chi connectivity index (χ1) is 10.2. The molecule has 1 atom stereocenters. The fourth-order valence-electron chi connectivity index (χ4n) is 2.57. The van der Waals surface area contributed by atoms with Gasteiger partial charge in [-0.05, 0) is 51.9 Å². The third-order valence-corrected chi connectivity index (χ3v) is 3.87. The summed E-state index contributed by atoms with van der Waals surface area (Å²) in [5.74, 6) is 0.477. The number of hydrogen-bond acceptors (Lipinski definition) is 5. The molecule has 5 nitrogen and oxygen atoms in total. The molecular formula is C16H25N3O2. The van der Waals surface area contributed by atoms with Crippen LogP contribution in [0.15, 0.2) is 18.3 Å². The molecule has 1 N–H and O–H groups in total. The lowest BCUT2D eigenvalue weighted by molar-refractivity contribution is 0.0526. The van der Waals surface area contributed by atoms with Gasteiger partial charge in [-0.2, -0.15) is 0 Å². The van der Waals surface area contributed by atoms with Crippen LogP contribution in [-0.2, 0) is 4.74 Å². The normalized spacial score (nSPS) is 17.2. The van der Waals surface area contributed by atoms with E-state index in [2.05, 4.69) is 22.1 Å². The van der Waals surface area contributed by atoms with E-state index in [9.17, 15) is 4.79 Å². The Balaban J connectivity index is 1.81. The average molecular weight is 291 g/mol. The van der Waals surface area contributed by atoms with Gasteiger partial charge < -0.3 is 10.1 Å². The molecule has 0 aliphatic carbocycles. The van der Waals surface area contributed by atoms with Crippen molar-refractivity contribution in [2.45, 2.75) is 39.2 Å². The van der Waals surface area contributed by atoms with Gasteiger partial charge in [0.25, 0.3) is 0 Å². The van der Waals surface area contributed by atoms with E-state index >= 15 is 0 Å². The number of nitrogens with one attached hydrogen (secondary N) is 1. The lowest BCUT2D eigenvalue weighted by Gasteiger charge is -2.32. The third-order valence-electron chi connectivity index (χ3n) is 3.87. The van der Waals surface area contributed by atoms with Crippen LogP contribution in [0.4, 0.5) is 5.82 Å². The van der Waals surface area contributed by atoms with Gasteiger partial charge >= 0.3 is 5.97 Å². The molecule has 1 aromatic rings. The van der Waals surface area contributed by atoms with Crippen molar-refractivity contribution in [3.8, 4) is 0 Å². The van der Waals surface area contributed by atoms with E-state index in [0.717, 1.165) is 12.4 Å². The molecule has 1 aromatic heterocycles. The Hall–Kier alpha value is -1.62. The zero-order chi connectivity index (χ0) is 15.1. The topological polar surface area (TPSA) is 54.5 Å². The van der Waals surface area contributed by atoms with Gasteiger partial charge in [0, 0.05) is 18.8 Å². The molecule has 1 unspecified atom stereocenters. The fraction of sp³-hybridized carbons (Fsp3) is 0.625. The van der Waals surface area contributed by atoms with E-state index in [4.69, 9.17) is 4.74 Å². The molecule has 0 amide bonds. The summed E-state index contributed by atoms with van der Waals surface area (Å²) >= 11 is 0. The van der Waals surface area contributed by atoms with Gasteiger partial charge in [-0.25, -0.2) is 9.78 Å². The molecule has 1 saturated heterocycles. The van der Waals surface area contributed by atoms with Crippen LogP contribution < -0.4 is 5.32 Å². The highest BCUT2D eigenvalue weighted by Gasteiger charge is 2.16. The van der Waals surface area contributed by atoms with Gasteiger partial charge in [-0.1, -0.05) is 6.42 Å². The van der Waals surface area contributed by atoms with Crippen molar-refractivity contribution < 1.29 is 9.53 Å². The number of nitrogens with zero attached hydrogens (tertiary/aromatic N) is 2. The maximum Gasteiger partial charge on any atom is 0.339 e. The molecule has 1 fully saturated rings. The lowest BCUT2D eigenvalue weighted by Crippen LogP contribution is -2.41. The van der Waals surface area contributed by atoms with Gasteiger partial charge in [-0.3, -0.25) is 4.90 Å². The van der Waals surface area contributed by atoms with Crippen LogP contribution in [-0.4, -0.2) is 48.1 Å². The summed E-state index contributed by atoms with van der Waals surface area (Å²) in [6, 6.07) is 4.07. The van der Waals surface area contributed by atoms with E-state index < -0.39 is 0 Å². The molecule has 0 spiro atoms. The van der Waals surface area contributed by atoms with Crippen LogP contribution in [0.3, 0.4) is 0 Å². The molecule has 21 heavy (non-hydrogen) atoms.